The molecule has 10 nitrogen and oxygen atoms in total. The highest BCUT2D eigenvalue weighted by molar-refractivity contribution is 5.94. The van der Waals surface area contributed by atoms with Crippen molar-refractivity contribution in [3.8, 4) is 40.1 Å². The molecule has 0 aliphatic carbocycles. The maximum absolute atomic E-state index is 13.0. The van der Waals surface area contributed by atoms with Crippen LogP contribution in [0.15, 0.2) is 45.7 Å². The number of fused-ring (bicyclic) bond motifs is 3. The third-order valence-electron chi connectivity index (χ3n) is 5.52. The molecule has 1 atom stereocenters. The summed E-state index contributed by atoms with van der Waals surface area (Å²) in [5, 5.41) is 44.3. The maximum atomic E-state index is 13.0. The number of hydrogen-bond acceptors (Lipinski definition) is 9. The summed E-state index contributed by atoms with van der Waals surface area (Å²) in [6.07, 6.45) is 1.50. The Balaban J connectivity index is 1.88. The van der Waals surface area contributed by atoms with Gasteiger partial charge in [-0.05, 0) is 24.3 Å². The van der Waals surface area contributed by atoms with Crippen LogP contribution in [0.5, 0.6) is 28.7 Å². The molecule has 4 aromatic rings. The number of benzene rings is 2. The molecule has 0 fully saturated rings. The van der Waals surface area contributed by atoms with Gasteiger partial charge in [-0.15, -0.1) is 0 Å². The molecule has 0 spiro atoms. The minimum absolute atomic E-state index is 0.0193. The smallest absolute Gasteiger partial charge is 0.312 e. The van der Waals surface area contributed by atoms with E-state index in [0.29, 0.717) is 11.3 Å². The van der Waals surface area contributed by atoms with E-state index >= 15 is 0 Å². The van der Waals surface area contributed by atoms with E-state index in [2.05, 4.69) is 5.10 Å². The fourth-order valence-corrected chi connectivity index (χ4v) is 4.02. The second-order valence-corrected chi connectivity index (χ2v) is 7.43. The summed E-state index contributed by atoms with van der Waals surface area (Å²) in [7, 11) is 1.70. The van der Waals surface area contributed by atoms with Gasteiger partial charge in [-0.2, -0.15) is 5.10 Å². The molecule has 10 heteroatoms. The molecule has 0 saturated heterocycles. The standard InChI is InChI=1S/C22H16N2O8/c1-24-11(4-5-23-24)10-7-16(28)31-15-8-14(27)18-19(29)20(30)21(32-22(18)17(10)15)9-2-3-12(25)13(26)6-9/h2-6,8,10,25-27,30H,7H2,1H3/t10-/m0/s1. The minimum atomic E-state index is -0.908. The molecule has 162 valence electrons. The van der Waals surface area contributed by atoms with E-state index in [9.17, 15) is 30.0 Å². The van der Waals surface area contributed by atoms with Gasteiger partial charge in [-0.1, -0.05) is 0 Å². The number of aromatic nitrogens is 2. The molecule has 0 amide bonds. The highest BCUT2D eigenvalue weighted by Crippen LogP contribution is 2.47. The van der Waals surface area contributed by atoms with Gasteiger partial charge >= 0.3 is 5.97 Å². The second kappa shape index (κ2) is 6.77. The van der Waals surface area contributed by atoms with E-state index in [4.69, 9.17) is 9.15 Å². The molecular weight excluding hydrogens is 420 g/mol. The molecule has 0 saturated carbocycles. The second-order valence-electron chi connectivity index (χ2n) is 7.43. The summed E-state index contributed by atoms with van der Waals surface area (Å²) in [5.74, 6) is -3.59. The number of hydrogen-bond donors (Lipinski definition) is 4. The Morgan fingerprint density at radius 3 is 2.50 bits per heavy atom. The van der Waals surface area contributed by atoms with Crippen molar-refractivity contribution in [3.05, 3.63) is 58.0 Å². The van der Waals surface area contributed by atoms with Gasteiger partial charge in [0.15, 0.2) is 17.3 Å². The number of carbonyl (C=O) groups excluding carboxylic acids is 1. The van der Waals surface area contributed by atoms with Crippen molar-refractivity contribution in [1.82, 2.24) is 9.78 Å². The third-order valence-corrected chi connectivity index (χ3v) is 5.52. The summed E-state index contributed by atoms with van der Waals surface area (Å²) < 4.78 is 12.8. The fourth-order valence-electron chi connectivity index (χ4n) is 4.02. The first-order valence-corrected chi connectivity index (χ1v) is 9.52. The van der Waals surface area contributed by atoms with Gasteiger partial charge in [0, 0.05) is 42.0 Å². The van der Waals surface area contributed by atoms with Crippen LogP contribution in [0, 0.1) is 0 Å². The van der Waals surface area contributed by atoms with E-state index in [-0.39, 0.29) is 34.5 Å². The van der Waals surface area contributed by atoms with E-state index in [1.807, 2.05) is 0 Å². The van der Waals surface area contributed by atoms with Crippen LogP contribution in [0.3, 0.4) is 0 Å². The lowest BCUT2D eigenvalue weighted by molar-refractivity contribution is -0.135. The first-order valence-electron chi connectivity index (χ1n) is 9.52. The molecular formula is C22H16N2O8. The first kappa shape index (κ1) is 19.5. The van der Waals surface area contributed by atoms with Crippen molar-refractivity contribution in [2.24, 2.45) is 7.05 Å². The summed E-state index contributed by atoms with van der Waals surface area (Å²) in [4.78, 5) is 25.2. The van der Waals surface area contributed by atoms with Gasteiger partial charge < -0.3 is 29.6 Å². The Morgan fingerprint density at radius 1 is 1.03 bits per heavy atom. The number of rotatable bonds is 2. The molecule has 4 N–H and O–H groups in total. The van der Waals surface area contributed by atoms with Gasteiger partial charge in [0.05, 0.1) is 6.42 Å². The predicted octanol–water partition coefficient (Wildman–Crippen LogP) is 2.46. The van der Waals surface area contributed by atoms with Crippen LogP contribution in [0.4, 0.5) is 0 Å². The Labute approximate surface area is 179 Å². The number of esters is 1. The SMILES string of the molecule is Cn1nccc1[C@@H]1CC(=O)Oc2cc(O)c3c(=O)c(O)c(-c4ccc(O)c(O)c4)oc3c21. The van der Waals surface area contributed by atoms with Crippen LogP contribution in [0.1, 0.15) is 23.6 Å². The Hall–Kier alpha value is -4.47. The van der Waals surface area contributed by atoms with Crippen LogP contribution >= 0.6 is 0 Å². The summed E-state index contributed by atoms with van der Waals surface area (Å²) in [5.41, 5.74) is 0.106. The van der Waals surface area contributed by atoms with Crippen molar-refractivity contribution in [1.29, 1.82) is 0 Å². The van der Waals surface area contributed by atoms with Crippen LogP contribution in [-0.4, -0.2) is 36.2 Å². The molecule has 32 heavy (non-hydrogen) atoms. The van der Waals surface area contributed by atoms with Crippen LogP contribution in [0.25, 0.3) is 22.3 Å². The number of carbonyl (C=O) groups is 1. The number of aromatic hydroxyl groups is 4. The van der Waals surface area contributed by atoms with Crippen molar-refractivity contribution < 1.29 is 34.4 Å². The number of aryl methyl sites for hydroxylation is 1. The predicted molar refractivity (Wildman–Crippen MR) is 110 cm³/mol. The molecule has 2 aromatic heterocycles. The van der Waals surface area contributed by atoms with Crippen LogP contribution in [-0.2, 0) is 11.8 Å². The van der Waals surface area contributed by atoms with Gasteiger partial charge in [0.1, 0.15) is 22.5 Å². The molecule has 0 unspecified atom stereocenters. The molecule has 1 aliphatic heterocycles. The monoisotopic (exact) mass is 436 g/mol. The normalized spacial score (nSPS) is 15.5. The van der Waals surface area contributed by atoms with Gasteiger partial charge in [0.25, 0.3) is 0 Å². The van der Waals surface area contributed by atoms with E-state index in [1.54, 1.807) is 24.0 Å². The average molecular weight is 436 g/mol. The maximum Gasteiger partial charge on any atom is 0.312 e. The number of phenolic OH excluding ortho intramolecular Hbond substituents is 3. The molecule has 5 rings (SSSR count). The molecule has 0 radical (unpaired) electrons. The van der Waals surface area contributed by atoms with E-state index in [1.165, 1.54) is 12.1 Å². The highest BCUT2D eigenvalue weighted by atomic mass is 16.5. The van der Waals surface area contributed by atoms with Crippen molar-refractivity contribution in [2.75, 3.05) is 0 Å². The fraction of sp³-hybridized carbons (Fsp3) is 0.136. The first-order chi connectivity index (χ1) is 15.3. The van der Waals surface area contributed by atoms with Crippen molar-refractivity contribution in [2.45, 2.75) is 12.3 Å². The third kappa shape index (κ3) is 2.77. The minimum Gasteiger partial charge on any atom is -0.507 e. The zero-order chi connectivity index (χ0) is 22.7. The summed E-state index contributed by atoms with van der Waals surface area (Å²) >= 11 is 0. The number of ether oxygens (including phenoxy) is 1. The lowest BCUT2D eigenvalue weighted by Gasteiger charge is -2.26. The number of phenols is 3. The zero-order valence-electron chi connectivity index (χ0n) is 16.6. The van der Waals surface area contributed by atoms with E-state index < -0.39 is 40.3 Å². The number of nitrogens with zero attached hydrogens (tertiary/aromatic N) is 2. The van der Waals surface area contributed by atoms with Crippen LogP contribution < -0.4 is 10.2 Å². The lowest BCUT2D eigenvalue weighted by atomic mass is 9.88. The molecule has 1 aliphatic rings. The molecule has 3 heterocycles. The Bertz CT molecular complexity index is 1480. The topological polar surface area (TPSA) is 155 Å². The lowest BCUT2D eigenvalue weighted by Crippen LogP contribution is -2.23. The van der Waals surface area contributed by atoms with E-state index in [0.717, 1.165) is 12.1 Å². The highest BCUT2D eigenvalue weighted by Gasteiger charge is 2.35. The van der Waals surface area contributed by atoms with Crippen LogP contribution in [0.2, 0.25) is 0 Å². The van der Waals surface area contributed by atoms with Crippen molar-refractivity contribution >= 4 is 16.9 Å². The summed E-state index contributed by atoms with van der Waals surface area (Å²) in [6, 6.07) is 6.48. The van der Waals surface area contributed by atoms with Gasteiger partial charge in [-0.25, -0.2) is 0 Å². The molecule has 2 aromatic carbocycles. The average Bonchev–Trinajstić information content (AvgIpc) is 3.17. The van der Waals surface area contributed by atoms with Gasteiger partial charge in [0.2, 0.25) is 11.2 Å². The molecule has 0 bridgehead atoms. The Kier molecular flexibility index (Phi) is 4.12. The Morgan fingerprint density at radius 2 is 1.81 bits per heavy atom. The largest absolute Gasteiger partial charge is 0.507 e. The summed E-state index contributed by atoms with van der Waals surface area (Å²) in [6.45, 7) is 0. The van der Waals surface area contributed by atoms with Crippen molar-refractivity contribution in [3.63, 3.8) is 0 Å². The zero-order valence-corrected chi connectivity index (χ0v) is 16.6. The van der Waals surface area contributed by atoms with Gasteiger partial charge in [-0.3, -0.25) is 14.3 Å². The quantitative estimate of drug-likeness (QED) is 0.211.